The predicted molar refractivity (Wildman–Crippen MR) is 64.5 cm³/mol. The molecule has 82 valence electrons. The summed E-state index contributed by atoms with van der Waals surface area (Å²) in [6.07, 6.45) is 9.23. The van der Waals surface area contributed by atoms with Gasteiger partial charge in [0.25, 0.3) is 0 Å². The van der Waals surface area contributed by atoms with Gasteiger partial charge in [-0.25, -0.2) is 4.98 Å². The molecule has 2 fully saturated rings. The topological polar surface area (TPSA) is 29.9 Å². The summed E-state index contributed by atoms with van der Waals surface area (Å²) >= 11 is 2.07. The Morgan fingerprint density at radius 2 is 2.07 bits per heavy atom. The number of nitrogens with one attached hydrogen (secondary N) is 1. The largest absolute Gasteiger partial charge is 0.353 e. The van der Waals surface area contributed by atoms with Crippen molar-refractivity contribution in [2.75, 3.05) is 16.8 Å². The van der Waals surface area contributed by atoms with Crippen LogP contribution in [0.3, 0.4) is 0 Å². The summed E-state index contributed by atoms with van der Waals surface area (Å²) in [6.45, 7) is 0. The van der Waals surface area contributed by atoms with Crippen LogP contribution in [0.5, 0.6) is 0 Å². The summed E-state index contributed by atoms with van der Waals surface area (Å²) in [7, 11) is 0. The van der Waals surface area contributed by atoms with Crippen molar-refractivity contribution in [3.63, 3.8) is 0 Å². The fourth-order valence-electron chi connectivity index (χ4n) is 2.10. The van der Waals surface area contributed by atoms with E-state index in [4.69, 9.17) is 0 Å². The molecule has 0 atom stereocenters. The molecule has 3 rings (SSSR count). The van der Waals surface area contributed by atoms with E-state index < -0.39 is 0 Å². The van der Waals surface area contributed by atoms with Crippen molar-refractivity contribution in [1.29, 1.82) is 0 Å². The smallest absolute Gasteiger partial charge is 0.203 e. The van der Waals surface area contributed by atoms with Crippen LogP contribution in [0.4, 0.5) is 5.95 Å². The molecule has 1 N–H and O–H groups in total. The second-order valence-corrected chi connectivity index (χ2v) is 5.65. The lowest BCUT2D eigenvalue weighted by Crippen LogP contribution is -2.26. The molecule has 1 saturated carbocycles. The van der Waals surface area contributed by atoms with E-state index in [1.54, 1.807) is 0 Å². The zero-order chi connectivity index (χ0) is 10.1. The first kappa shape index (κ1) is 9.58. The minimum absolute atomic E-state index is 0.645. The molecule has 0 bridgehead atoms. The van der Waals surface area contributed by atoms with E-state index in [2.05, 4.69) is 32.8 Å². The van der Waals surface area contributed by atoms with Gasteiger partial charge in [-0.3, -0.25) is 0 Å². The van der Waals surface area contributed by atoms with Gasteiger partial charge in [0.2, 0.25) is 5.95 Å². The van der Waals surface area contributed by atoms with Crippen LogP contribution >= 0.6 is 11.8 Å². The number of rotatable bonds is 3. The lowest BCUT2D eigenvalue weighted by molar-refractivity contribution is 0.643. The van der Waals surface area contributed by atoms with Crippen molar-refractivity contribution < 1.29 is 0 Å². The summed E-state index contributed by atoms with van der Waals surface area (Å²) in [5.74, 6) is 3.68. The van der Waals surface area contributed by atoms with Gasteiger partial charge in [0.05, 0.1) is 0 Å². The Hall–Kier alpha value is -0.640. The Morgan fingerprint density at radius 3 is 2.80 bits per heavy atom. The van der Waals surface area contributed by atoms with E-state index in [9.17, 15) is 0 Å². The summed E-state index contributed by atoms with van der Waals surface area (Å²) in [4.78, 5) is 4.42. The number of hydrogen-bond acceptors (Lipinski definition) is 3. The zero-order valence-corrected chi connectivity index (χ0v) is 9.67. The molecular weight excluding hydrogens is 206 g/mol. The number of aromatic nitrogens is 2. The van der Waals surface area contributed by atoms with Crippen LogP contribution in [-0.4, -0.2) is 27.1 Å². The Labute approximate surface area is 94.7 Å². The molecule has 2 aliphatic rings. The number of anilines is 1. The van der Waals surface area contributed by atoms with Crippen LogP contribution in [0.2, 0.25) is 0 Å². The van der Waals surface area contributed by atoms with Crippen molar-refractivity contribution in [2.24, 2.45) is 0 Å². The number of hydrogen-bond donors (Lipinski definition) is 1. The molecule has 4 heteroatoms. The van der Waals surface area contributed by atoms with E-state index in [0.29, 0.717) is 6.04 Å². The molecule has 1 aliphatic carbocycles. The second-order valence-electron chi connectivity index (χ2n) is 4.42. The van der Waals surface area contributed by atoms with Gasteiger partial charge in [-0.2, -0.15) is 11.8 Å². The quantitative estimate of drug-likeness (QED) is 0.854. The summed E-state index contributed by atoms with van der Waals surface area (Å²) in [5, 5.41) is 3.59. The lowest BCUT2D eigenvalue weighted by Gasteiger charge is -2.23. The summed E-state index contributed by atoms with van der Waals surface area (Å²) in [5.41, 5.74) is 0. The highest BCUT2D eigenvalue weighted by Gasteiger charge is 2.26. The van der Waals surface area contributed by atoms with E-state index >= 15 is 0 Å². The van der Waals surface area contributed by atoms with Crippen LogP contribution in [0, 0.1) is 0 Å². The van der Waals surface area contributed by atoms with Crippen molar-refractivity contribution in [2.45, 2.75) is 37.8 Å². The molecule has 15 heavy (non-hydrogen) atoms. The molecule has 1 aliphatic heterocycles. The average molecular weight is 223 g/mol. The number of nitrogens with zero attached hydrogens (tertiary/aromatic N) is 2. The first-order valence-electron chi connectivity index (χ1n) is 5.80. The summed E-state index contributed by atoms with van der Waals surface area (Å²) < 4.78 is 2.31. The van der Waals surface area contributed by atoms with Gasteiger partial charge in [-0.05, 0) is 37.2 Å². The Kier molecular flexibility index (Phi) is 2.61. The monoisotopic (exact) mass is 223 g/mol. The molecule has 0 radical (unpaired) electrons. The van der Waals surface area contributed by atoms with Gasteiger partial charge >= 0.3 is 0 Å². The third-order valence-electron chi connectivity index (χ3n) is 3.16. The lowest BCUT2D eigenvalue weighted by atomic mass is 10.2. The Bertz CT molecular complexity index is 326. The SMILES string of the molecule is c1cn(C2CC2)c(NC2CCSCC2)n1. The molecule has 0 spiro atoms. The highest BCUT2D eigenvalue weighted by molar-refractivity contribution is 7.99. The minimum atomic E-state index is 0.645. The van der Waals surface area contributed by atoms with Gasteiger partial charge in [0.15, 0.2) is 0 Å². The van der Waals surface area contributed by atoms with Crippen LogP contribution in [0.15, 0.2) is 12.4 Å². The number of imidazole rings is 1. The standard InChI is InChI=1S/C11H17N3S/c1-2-10(1)14-6-5-12-11(14)13-9-3-7-15-8-4-9/h5-6,9-10H,1-4,7-8H2,(H,12,13). The fourth-order valence-corrected chi connectivity index (χ4v) is 3.20. The molecule has 0 amide bonds. The molecule has 1 aromatic heterocycles. The second kappa shape index (κ2) is 4.08. The van der Waals surface area contributed by atoms with Gasteiger partial charge in [0.1, 0.15) is 0 Å². The zero-order valence-electron chi connectivity index (χ0n) is 8.85. The van der Waals surface area contributed by atoms with E-state index in [1.165, 1.54) is 37.2 Å². The Morgan fingerprint density at radius 1 is 1.27 bits per heavy atom. The fraction of sp³-hybridized carbons (Fsp3) is 0.727. The van der Waals surface area contributed by atoms with Gasteiger partial charge in [-0.15, -0.1) is 0 Å². The van der Waals surface area contributed by atoms with Crippen LogP contribution in [0.1, 0.15) is 31.7 Å². The third kappa shape index (κ3) is 2.14. The molecule has 1 saturated heterocycles. The Balaban J connectivity index is 1.67. The van der Waals surface area contributed by atoms with Crippen LogP contribution in [-0.2, 0) is 0 Å². The van der Waals surface area contributed by atoms with Crippen molar-refractivity contribution in [3.05, 3.63) is 12.4 Å². The summed E-state index contributed by atoms with van der Waals surface area (Å²) in [6, 6.07) is 1.37. The molecule has 1 aromatic rings. The average Bonchev–Trinajstić information content (AvgIpc) is 3.02. The van der Waals surface area contributed by atoms with Crippen molar-refractivity contribution in [3.8, 4) is 0 Å². The maximum Gasteiger partial charge on any atom is 0.203 e. The van der Waals surface area contributed by atoms with Crippen molar-refractivity contribution >= 4 is 17.7 Å². The first-order chi connectivity index (χ1) is 7.43. The van der Waals surface area contributed by atoms with Crippen LogP contribution < -0.4 is 5.32 Å². The maximum absolute atomic E-state index is 4.42. The highest BCUT2D eigenvalue weighted by Crippen LogP contribution is 2.37. The third-order valence-corrected chi connectivity index (χ3v) is 4.21. The van der Waals surface area contributed by atoms with E-state index in [1.807, 2.05) is 6.20 Å². The van der Waals surface area contributed by atoms with Gasteiger partial charge in [-0.1, -0.05) is 0 Å². The van der Waals surface area contributed by atoms with Gasteiger partial charge in [0, 0.05) is 24.5 Å². The molecular formula is C11H17N3S. The maximum atomic E-state index is 4.42. The highest BCUT2D eigenvalue weighted by atomic mass is 32.2. The van der Waals surface area contributed by atoms with Crippen molar-refractivity contribution in [1.82, 2.24) is 9.55 Å². The van der Waals surface area contributed by atoms with Gasteiger partial charge < -0.3 is 9.88 Å². The predicted octanol–water partition coefficient (Wildman–Crippen LogP) is 2.53. The molecule has 3 nitrogen and oxygen atoms in total. The normalized spacial score (nSPS) is 22.9. The minimum Gasteiger partial charge on any atom is -0.353 e. The first-order valence-corrected chi connectivity index (χ1v) is 6.96. The van der Waals surface area contributed by atoms with Crippen LogP contribution in [0.25, 0.3) is 0 Å². The van der Waals surface area contributed by atoms with E-state index in [-0.39, 0.29) is 0 Å². The molecule has 2 heterocycles. The molecule has 0 unspecified atom stereocenters. The number of thioether (sulfide) groups is 1. The van der Waals surface area contributed by atoms with E-state index in [0.717, 1.165) is 12.0 Å². The molecule has 0 aromatic carbocycles.